The molecule has 31 heavy (non-hydrogen) atoms. The van der Waals surface area contributed by atoms with E-state index in [0.717, 1.165) is 34.0 Å². The summed E-state index contributed by atoms with van der Waals surface area (Å²) in [6.07, 6.45) is 1.74. The summed E-state index contributed by atoms with van der Waals surface area (Å²) >= 11 is 6.96. The first-order chi connectivity index (χ1) is 15.0. The number of aryl methyl sites for hydroxylation is 1. The van der Waals surface area contributed by atoms with Gasteiger partial charge in [-0.15, -0.1) is 0 Å². The molecule has 0 aromatic heterocycles. The van der Waals surface area contributed by atoms with Gasteiger partial charge in [-0.05, 0) is 65.7 Å². The topological polar surface area (TPSA) is 46.6 Å². The number of amides is 2. The molecule has 1 aliphatic heterocycles. The fraction of sp³-hybridized carbons (Fsp3) is 0.120. The SMILES string of the molecule is Cc1cccc(CN2C(=O)S/C(=C\c3ccc(OCc4cccc(Cl)c4)cc3)C2=O)c1. The van der Waals surface area contributed by atoms with E-state index in [1.54, 1.807) is 6.08 Å². The summed E-state index contributed by atoms with van der Waals surface area (Å²) in [5, 5.41) is 0.423. The van der Waals surface area contributed by atoms with Crippen LogP contribution in [0.25, 0.3) is 6.08 Å². The van der Waals surface area contributed by atoms with E-state index >= 15 is 0 Å². The van der Waals surface area contributed by atoms with Crippen molar-refractivity contribution in [1.82, 2.24) is 4.90 Å². The largest absolute Gasteiger partial charge is 0.489 e. The fourth-order valence-corrected chi connectivity index (χ4v) is 4.29. The number of nitrogens with zero attached hydrogens (tertiary/aromatic N) is 1. The van der Waals surface area contributed by atoms with Crippen LogP contribution in [0.5, 0.6) is 5.75 Å². The van der Waals surface area contributed by atoms with Crippen molar-refractivity contribution >= 4 is 40.6 Å². The fourth-order valence-electron chi connectivity index (χ4n) is 3.23. The first-order valence-electron chi connectivity index (χ1n) is 9.76. The van der Waals surface area contributed by atoms with Crippen LogP contribution in [-0.2, 0) is 17.9 Å². The first kappa shape index (κ1) is 21.2. The minimum atomic E-state index is -0.266. The van der Waals surface area contributed by atoms with Gasteiger partial charge in [0.1, 0.15) is 12.4 Å². The van der Waals surface area contributed by atoms with Gasteiger partial charge >= 0.3 is 0 Å². The molecule has 1 saturated heterocycles. The maximum Gasteiger partial charge on any atom is 0.293 e. The van der Waals surface area contributed by atoms with E-state index in [9.17, 15) is 9.59 Å². The van der Waals surface area contributed by atoms with Crippen molar-refractivity contribution < 1.29 is 14.3 Å². The van der Waals surface area contributed by atoms with E-state index < -0.39 is 0 Å². The van der Waals surface area contributed by atoms with E-state index in [1.807, 2.05) is 79.7 Å². The molecule has 3 aromatic rings. The zero-order valence-electron chi connectivity index (χ0n) is 16.9. The molecular formula is C25H20ClNO3S. The Morgan fingerprint density at radius 2 is 1.71 bits per heavy atom. The lowest BCUT2D eigenvalue weighted by atomic mass is 10.1. The second kappa shape index (κ2) is 9.41. The third-order valence-corrected chi connectivity index (χ3v) is 5.91. The molecule has 0 N–H and O–H groups in total. The summed E-state index contributed by atoms with van der Waals surface area (Å²) in [6, 6.07) is 22.7. The van der Waals surface area contributed by atoms with Crippen LogP contribution in [-0.4, -0.2) is 16.0 Å². The van der Waals surface area contributed by atoms with Crippen molar-refractivity contribution in [3.05, 3.63) is 105 Å². The summed E-state index contributed by atoms with van der Waals surface area (Å²) in [5.74, 6) is 0.447. The summed E-state index contributed by atoms with van der Waals surface area (Å²) in [7, 11) is 0. The second-order valence-corrected chi connectivity index (χ2v) is 8.67. The number of imide groups is 1. The highest BCUT2D eigenvalue weighted by Gasteiger charge is 2.34. The molecule has 0 unspecified atom stereocenters. The number of ether oxygens (including phenoxy) is 1. The van der Waals surface area contributed by atoms with Gasteiger partial charge in [-0.2, -0.15) is 0 Å². The van der Waals surface area contributed by atoms with Crippen molar-refractivity contribution in [1.29, 1.82) is 0 Å². The Bertz CT molecular complexity index is 1160. The molecule has 0 atom stereocenters. The van der Waals surface area contributed by atoms with Crippen molar-refractivity contribution in [3.8, 4) is 5.75 Å². The third-order valence-electron chi connectivity index (χ3n) is 4.77. The molecule has 4 rings (SSSR count). The minimum Gasteiger partial charge on any atom is -0.489 e. The van der Waals surface area contributed by atoms with Crippen molar-refractivity contribution in [2.45, 2.75) is 20.1 Å². The van der Waals surface area contributed by atoms with Crippen LogP contribution in [0.15, 0.2) is 77.7 Å². The summed E-state index contributed by atoms with van der Waals surface area (Å²) in [6.45, 7) is 2.68. The van der Waals surface area contributed by atoms with Gasteiger partial charge in [-0.3, -0.25) is 14.5 Å². The molecule has 4 nitrogen and oxygen atoms in total. The standard InChI is InChI=1S/C25H20ClNO3S/c1-17-4-2-5-19(12-17)15-27-24(28)23(31-25(27)29)14-18-8-10-22(11-9-18)30-16-20-6-3-7-21(26)13-20/h2-14H,15-16H2,1H3/b23-14-. The number of hydrogen-bond donors (Lipinski definition) is 0. The smallest absolute Gasteiger partial charge is 0.293 e. The molecular weight excluding hydrogens is 430 g/mol. The van der Waals surface area contributed by atoms with Gasteiger partial charge in [0.15, 0.2) is 0 Å². The van der Waals surface area contributed by atoms with Gasteiger partial charge in [0.2, 0.25) is 0 Å². The molecule has 0 spiro atoms. The zero-order chi connectivity index (χ0) is 21.8. The first-order valence-corrected chi connectivity index (χ1v) is 11.0. The Kier molecular flexibility index (Phi) is 6.44. The third kappa shape index (κ3) is 5.37. The van der Waals surface area contributed by atoms with E-state index in [2.05, 4.69) is 0 Å². The van der Waals surface area contributed by atoms with Gasteiger partial charge in [-0.25, -0.2) is 0 Å². The Hall–Kier alpha value is -3.02. The lowest BCUT2D eigenvalue weighted by Crippen LogP contribution is -2.27. The zero-order valence-corrected chi connectivity index (χ0v) is 18.5. The normalized spacial score (nSPS) is 15.0. The van der Waals surface area contributed by atoms with Crippen molar-refractivity contribution in [3.63, 3.8) is 0 Å². The highest BCUT2D eigenvalue weighted by molar-refractivity contribution is 8.18. The number of benzene rings is 3. The van der Waals surface area contributed by atoms with E-state index in [0.29, 0.717) is 22.3 Å². The molecule has 2 amide bonds. The number of rotatable bonds is 6. The molecule has 156 valence electrons. The summed E-state index contributed by atoms with van der Waals surface area (Å²) < 4.78 is 5.79. The van der Waals surface area contributed by atoms with Gasteiger partial charge in [0.25, 0.3) is 11.1 Å². The second-order valence-electron chi connectivity index (χ2n) is 7.24. The Morgan fingerprint density at radius 3 is 2.45 bits per heavy atom. The van der Waals surface area contributed by atoms with E-state index in [-0.39, 0.29) is 17.7 Å². The monoisotopic (exact) mass is 449 g/mol. The van der Waals surface area contributed by atoms with Gasteiger partial charge < -0.3 is 4.74 Å². The number of carbonyl (C=O) groups is 2. The van der Waals surface area contributed by atoms with Crippen LogP contribution in [0.3, 0.4) is 0 Å². The highest BCUT2D eigenvalue weighted by atomic mass is 35.5. The predicted molar refractivity (Wildman–Crippen MR) is 125 cm³/mol. The molecule has 6 heteroatoms. The Morgan fingerprint density at radius 1 is 0.968 bits per heavy atom. The van der Waals surface area contributed by atoms with Gasteiger partial charge in [0, 0.05) is 5.02 Å². The van der Waals surface area contributed by atoms with Crippen molar-refractivity contribution in [2.75, 3.05) is 0 Å². The molecule has 3 aromatic carbocycles. The maximum absolute atomic E-state index is 12.7. The van der Waals surface area contributed by atoms with Crippen LogP contribution in [0.4, 0.5) is 4.79 Å². The quantitative estimate of drug-likeness (QED) is 0.405. The predicted octanol–water partition coefficient (Wildman–Crippen LogP) is 6.46. The van der Waals surface area contributed by atoms with Gasteiger partial charge in [0.05, 0.1) is 11.4 Å². The summed E-state index contributed by atoms with van der Waals surface area (Å²) in [4.78, 5) is 26.8. The maximum atomic E-state index is 12.7. The van der Waals surface area contributed by atoms with Crippen LogP contribution in [0, 0.1) is 6.92 Å². The molecule has 0 saturated carbocycles. The number of carbonyl (C=O) groups excluding carboxylic acids is 2. The van der Waals surface area contributed by atoms with Crippen LogP contribution < -0.4 is 4.74 Å². The number of hydrogen-bond acceptors (Lipinski definition) is 4. The molecule has 1 heterocycles. The average Bonchev–Trinajstić information content (AvgIpc) is 3.01. The lowest BCUT2D eigenvalue weighted by molar-refractivity contribution is -0.123. The average molecular weight is 450 g/mol. The van der Waals surface area contributed by atoms with Crippen LogP contribution in [0.1, 0.15) is 22.3 Å². The van der Waals surface area contributed by atoms with Gasteiger partial charge in [-0.1, -0.05) is 65.7 Å². The Balaban J connectivity index is 1.41. The van der Waals surface area contributed by atoms with Crippen molar-refractivity contribution in [2.24, 2.45) is 0 Å². The summed E-state index contributed by atoms with van der Waals surface area (Å²) in [5.41, 5.74) is 3.84. The van der Waals surface area contributed by atoms with Crippen LogP contribution >= 0.6 is 23.4 Å². The Labute approximate surface area is 190 Å². The number of halogens is 1. The van der Waals surface area contributed by atoms with E-state index in [4.69, 9.17) is 16.3 Å². The molecule has 0 aliphatic carbocycles. The molecule has 0 radical (unpaired) electrons. The lowest BCUT2D eigenvalue weighted by Gasteiger charge is -2.12. The number of thioether (sulfide) groups is 1. The molecule has 1 fully saturated rings. The van der Waals surface area contributed by atoms with E-state index in [1.165, 1.54) is 4.90 Å². The van der Waals surface area contributed by atoms with Crippen LogP contribution in [0.2, 0.25) is 5.02 Å². The molecule has 0 bridgehead atoms. The minimum absolute atomic E-state index is 0.251. The molecule has 1 aliphatic rings. The highest BCUT2D eigenvalue weighted by Crippen LogP contribution is 2.33.